The van der Waals surface area contributed by atoms with Crippen LogP contribution in [0.25, 0.3) is 11.0 Å². The minimum absolute atomic E-state index is 0.111. The largest absolute Gasteiger partial charge is 0.460 e. The number of likely N-dealkylation sites (tertiary alicyclic amines) is 1. The van der Waals surface area contributed by atoms with Gasteiger partial charge in [0.05, 0.1) is 18.8 Å². The zero-order valence-corrected chi connectivity index (χ0v) is 16.7. The third-order valence-electron chi connectivity index (χ3n) is 5.71. The Labute approximate surface area is 175 Å². The van der Waals surface area contributed by atoms with Crippen LogP contribution in [0.3, 0.4) is 0 Å². The van der Waals surface area contributed by atoms with Crippen LogP contribution in [0.5, 0.6) is 0 Å². The van der Waals surface area contributed by atoms with E-state index >= 15 is 0 Å². The van der Waals surface area contributed by atoms with Crippen molar-refractivity contribution in [1.29, 1.82) is 0 Å². The van der Waals surface area contributed by atoms with Crippen molar-refractivity contribution in [2.45, 2.75) is 25.4 Å². The highest BCUT2D eigenvalue weighted by atomic mass is 16.3. The summed E-state index contributed by atoms with van der Waals surface area (Å²) < 4.78 is 7.93. The maximum Gasteiger partial charge on any atom is 0.256 e. The van der Waals surface area contributed by atoms with Gasteiger partial charge in [-0.15, -0.1) is 0 Å². The summed E-state index contributed by atoms with van der Waals surface area (Å²) in [5.41, 5.74) is 1.59. The Bertz CT molecular complexity index is 1110. The first-order valence-corrected chi connectivity index (χ1v) is 10.4. The fraction of sp³-hybridized carbons (Fsp3) is 0.250. The van der Waals surface area contributed by atoms with Crippen LogP contribution in [0.2, 0.25) is 0 Å². The first-order valence-electron chi connectivity index (χ1n) is 10.4. The van der Waals surface area contributed by atoms with Gasteiger partial charge in [0.25, 0.3) is 5.91 Å². The van der Waals surface area contributed by atoms with Gasteiger partial charge in [0.15, 0.2) is 0 Å². The zero-order chi connectivity index (χ0) is 20.3. The van der Waals surface area contributed by atoms with Gasteiger partial charge in [-0.25, -0.2) is 4.68 Å². The third kappa shape index (κ3) is 3.86. The number of hydrogen-bond donors (Lipinski definition) is 1. The zero-order valence-electron chi connectivity index (χ0n) is 16.7. The predicted octanol–water partition coefficient (Wildman–Crippen LogP) is 4.72. The number of carbonyl (C=O) groups is 1. The number of aromatic nitrogens is 2. The lowest BCUT2D eigenvalue weighted by Gasteiger charge is -2.32. The molecule has 3 heterocycles. The van der Waals surface area contributed by atoms with Crippen LogP contribution in [0, 0.1) is 0 Å². The number of fused-ring (bicyclic) bond motifs is 1. The van der Waals surface area contributed by atoms with Crippen molar-refractivity contribution in [3.05, 3.63) is 84.3 Å². The van der Waals surface area contributed by atoms with Crippen molar-refractivity contribution in [2.24, 2.45) is 0 Å². The Kier molecular flexibility index (Phi) is 5.07. The molecule has 0 radical (unpaired) electrons. The summed E-state index contributed by atoms with van der Waals surface area (Å²) in [5.74, 6) is 1.64. The molecule has 4 aromatic rings. The lowest BCUT2D eigenvalue weighted by atomic mass is 10.1. The molecular formula is C24H24N4O2. The number of furan rings is 1. The van der Waals surface area contributed by atoms with Crippen molar-refractivity contribution >= 4 is 22.7 Å². The van der Waals surface area contributed by atoms with E-state index in [4.69, 9.17) is 4.42 Å². The number of rotatable bonds is 5. The SMILES string of the molecule is O=C(Nc1ccnn1C1CCN(Cc2cc3ccccc3o2)CC1)c1ccccc1. The van der Waals surface area contributed by atoms with Gasteiger partial charge in [0.1, 0.15) is 17.2 Å². The Morgan fingerprint density at radius 3 is 2.60 bits per heavy atom. The van der Waals surface area contributed by atoms with E-state index in [1.54, 1.807) is 6.20 Å². The van der Waals surface area contributed by atoms with Gasteiger partial charge in [0, 0.05) is 30.1 Å². The molecular weight excluding hydrogens is 376 g/mol. The monoisotopic (exact) mass is 400 g/mol. The standard InChI is InChI=1S/C24H24N4O2/c29-24(18-6-2-1-3-7-18)26-23-10-13-25-28(23)20-11-14-27(15-12-20)17-21-16-19-8-4-5-9-22(19)30-21/h1-10,13,16,20H,11-12,14-15,17H2,(H,26,29). The number of nitrogens with one attached hydrogen (secondary N) is 1. The number of para-hydroxylation sites is 1. The average molecular weight is 400 g/mol. The van der Waals surface area contributed by atoms with Gasteiger partial charge in [-0.2, -0.15) is 5.10 Å². The highest BCUT2D eigenvalue weighted by Crippen LogP contribution is 2.27. The Hall–Kier alpha value is -3.38. The topological polar surface area (TPSA) is 63.3 Å². The normalized spacial score (nSPS) is 15.5. The van der Waals surface area contributed by atoms with Crippen molar-refractivity contribution in [3.63, 3.8) is 0 Å². The maximum atomic E-state index is 12.5. The molecule has 0 saturated carbocycles. The van der Waals surface area contributed by atoms with Crippen LogP contribution in [0.15, 0.2) is 77.3 Å². The molecule has 0 bridgehead atoms. The van der Waals surface area contributed by atoms with Crippen LogP contribution in [0.4, 0.5) is 5.82 Å². The molecule has 30 heavy (non-hydrogen) atoms. The van der Waals surface area contributed by atoms with E-state index in [9.17, 15) is 4.79 Å². The highest BCUT2D eigenvalue weighted by Gasteiger charge is 2.24. The molecule has 1 aliphatic rings. The molecule has 1 aliphatic heterocycles. The Morgan fingerprint density at radius 2 is 1.80 bits per heavy atom. The summed E-state index contributed by atoms with van der Waals surface area (Å²) in [6.45, 7) is 2.75. The fourth-order valence-electron chi connectivity index (χ4n) is 4.14. The van der Waals surface area contributed by atoms with Gasteiger partial charge in [0.2, 0.25) is 0 Å². The molecule has 0 atom stereocenters. The number of nitrogens with zero attached hydrogens (tertiary/aromatic N) is 3. The van der Waals surface area contributed by atoms with Crippen LogP contribution in [-0.4, -0.2) is 33.7 Å². The number of hydrogen-bond acceptors (Lipinski definition) is 4. The average Bonchev–Trinajstić information content (AvgIpc) is 3.41. The van der Waals surface area contributed by atoms with Crippen LogP contribution in [-0.2, 0) is 6.54 Å². The molecule has 1 N–H and O–H groups in total. The first-order chi connectivity index (χ1) is 14.8. The van der Waals surface area contributed by atoms with E-state index in [0.29, 0.717) is 5.56 Å². The van der Waals surface area contributed by atoms with Gasteiger partial charge in [-0.1, -0.05) is 36.4 Å². The van der Waals surface area contributed by atoms with Crippen molar-refractivity contribution in [1.82, 2.24) is 14.7 Å². The molecule has 1 fully saturated rings. The number of carbonyl (C=O) groups excluding carboxylic acids is 1. The minimum atomic E-state index is -0.111. The number of anilines is 1. The summed E-state index contributed by atoms with van der Waals surface area (Å²) in [6.07, 6.45) is 3.72. The second-order valence-corrected chi connectivity index (χ2v) is 7.74. The van der Waals surface area contributed by atoms with Crippen molar-refractivity contribution in [3.8, 4) is 0 Å². The van der Waals surface area contributed by atoms with Gasteiger partial charge in [-0.3, -0.25) is 9.69 Å². The van der Waals surface area contributed by atoms with Gasteiger partial charge in [-0.05, 0) is 37.1 Å². The predicted molar refractivity (Wildman–Crippen MR) is 116 cm³/mol. The molecule has 2 aromatic carbocycles. The summed E-state index contributed by atoms with van der Waals surface area (Å²) in [4.78, 5) is 14.9. The molecule has 1 amide bonds. The summed E-state index contributed by atoms with van der Waals surface area (Å²) in [6, 6.07) is 21.6. The van der Waals surface area contributed by atoms with Crippen molar-refractivity contribution in [2.75, 3.05) is 18.4 Å². The first kappa shape index (κ1) is 18.6. The lowest BCUT2D eigenvalue weighted by Crippen LogP contribution is -2.34. The molecule has 0 unspecified atom stereocenters. The second kappa shape index (κ2) is 8.16. The van der Waals surface area contributed by atoms with E-state index in [2.05, 4.69) is 27.4 Å². The van der Waals surface area contributed by atoms with Gasteiger partial charge < -0.3 is 9.73 Å². The number of piperidine rings is 1. The smallest absolute Gasteiger partial charge is 0.256 e. The van der Waals surface area contributed by atoms with E-state index in [-0.39, 0.29) is 11.9 Å². The third-order valence-corrected chi connectivity index (χ3v) is 5.71. The summed E-state index contributed by atoms with van der Waals surface area (Å²) >= 11 is 0. The van der Waals surface area contributed by atoms with E-state index in [0.717, 1.165) is 55.0 Å². The van der Waals surface area contributed by atoms with E-state index in [1.165, 1.54) is 0 Å². The molecule has 0 aliphatic carbocycles. The lowest BCUT2D eigenvalue weighted by molar-refractivity contribution is 0.102. The van der Waals surface area contributed by atoms with Crippen molar-refractivity contribution < 1.29 is 9.21 Å². The number of benzene rings is 2. The Balaban J connectivity index is 1.21. The van der Waals surface area contributed by atoms with E-state index in [1.807, 2.05) is 59.3 Å². The molecule has 6 nitrogen and oxygen atoms in total. The van der Waals surface area contributed by atoms with Crippen LogP contribution in [0.1, 0.15) is 35.0 Å². The van der Waals surface area contributed by atoms with E-state index < -0.39 is 0 Å². The minimum Gasteiger partial charge on any atom is -0.460 e. The van der Waals surface area contributed by atoms with Gasteiger partial charge >= 0.3 is 0 Å². The van der Waals surface area contributed by atoms with Crippen LogP contribution >= 0.6 is 0 Å². The molecule has 2 aromatic heterocycles. The summed E-state index contributed by atoms with van der Waals surface area (Å²) in [7, 11) is 0. The van der Waals surface area contributed by atoms with Crippen LogP contribution < -0.4 is 5.32 Å². The molecule has 5 rings (SSSR count). The molecule has 152 valence electrons. The Morgan fingerprint density at radius 1 is 1.03 bits per heavy atom. The maximum absolute atomic E-state index is 12.5. The molecule has 6 heteroatoms. The fourth-order valence-corrected chi connectivity index (χ4v) is 4.14. The number of amides is 1. The molecule has 1 saturated heterocycles. The quantitative estimate of drug-likeness (QED) is 0.527. The second-order valence-electron chi connectivity index (χ2n) is 7.74. The highest BCUT2D eigenvalue weighted by molar-refractivity contribution is 6.03. The summed E-state index contributed by atoms with van der Waals surface area (Å²) in [5, 5.41) is 8.64. The molecule has 0 spiro atoms.